The van der Waals surface area contributed by atoms with E-state index in [1.807, 2.05) is 60.7 Å². The third-order valence-corrected chi connectivity index (χ3v) is 2.45. The number of hydrogen-bond donors (Lipinski definition) is 0. The van der Waals surface area contributed by atoms with Crippen LogP contribution >= 0.6 is 0 Å². The number of hydrogen-bond acceptors (Lipinski definition) is 2. The van der Waals surface area contributed by atoms with Gasteiger partial charge in [-0.05, 0) is 29.3 Å². The van der Waals surface area contributed by atoms with E-state index in [0.29, 0.717) is 0 Å². The molecule has 0 fully saturated rings. The predicted octanol–water partition coefficient (Wildman–Crippen LogP) is 3.70. The zero-order chi connectivity index (χ0) is 12.6. The molecule has 0 saturated carbocycles. The molecule has 2 aromatic rings. The Hall–Kier alpha value is -2.66. The second-order valence-corrected chi connectivity index (χ2v) is 3.68. The third kappa shape index (κ3) is 3.16. The van der Waals surface area contributed by atoms with Crippen LogP contribution in [-0.4, -0.2) is 4.98 Å². The minimum Gasteiger partial charge on any atom is -0.257 e. The van der Waals surface area contributed by atoms with E-state index in [2.05, 4.69) is 11.1 Å². The van der Waals surface area contributed by atoms with Crippen molar-refractivity contribution >= 4 is 11.6 Å². The van der Waals surface area contributed by atoms with Gasteiger partial charge in [-0.25, -0.2) is 0 Å². The summed E-state index contributed by atoms with van der Waals surface area (Å²) >= 11 is 0. The monoisotopic (exact) mass is 232 g/mol. The molecule has 1 aromatic heterocycles. The summed E-state index contributed by atoms with van der Waals surface area (Å²) in [6.45, 7) is 0. The topological polar surface area (TPSA) is 36.7 Å². The van der Waals surface area contributed by atoms with Crippen molar-refractivity contribution in [1.82, 2.24) is 4.98 Å². The lowest BCUT2D eigenvalue weighted by Gasteiger charge is -2.00. The molecule has 0 saturated heterocycles. The summed E-state index contributed by atoms with van der Waals surface area (Å²) in [5.41, 5.74) is 2.77. The molecule has 1 heterocycles. The fraction of sp³-hybridized carbons (Fsp3) is 0. The smallest absolute Gasteiger partial charge is 0.0918 e. The van der Waals surface area contributed by atoms with Crippen LogP contribution < -0.4 is 0 Å². The van der Waals surface area contributed by atoms with Crippen molar-refractivity contribution < 1.29 is 0 Å². The van der Waals surface area contributed by atoms with Gasteiger partial charge in [0.05, 0.1) is 11.8 Å². The maximum atomic E-state index is 8.82. The van der Waals surface area contributed by atoms with Crippen molar-refractivity contribution in [3.05, 3.63) is 78.1 Å². The Labute approximate surface area is 107 Å². The van der Waals surface area contributed by atoms with Crippen molar-refractivity contribution in [3.8, 4) is 6.07 Å². The summed E-state index contributed by atoms with van der Waals surface area (Å²) in [6, 6.07) is 17.6. The highest BCUT2D eigenvalue weighted by Gasteiger charge is 1.96. The quantitative estimate of drug-likeness (QED) is 0.597. The van der Waals surface area contributed by atoms with E-state index in [0.717, 1.165) is 16.8 Å². The van der Waals surface area contributed by atoms with E-state index in [1.54, 1.807) is 6.20 Å². The number of pyridine rings is 1. The number of nitrogens with zero attached hydrogens (tertiary/aromatic N) is 2. The fourth-order valence-corrected chi connectivity index (χ4v) is 1.58. The van der Waals surface area contributed by atoms with Crippen LogP contribution in [0.3, 0.4) is 0 Å². The van der Waals surface area contributed by atoms with Crippen molar-refractivity contribution in [1.29, 1.82) is 5.26 Å². The molecule has 0 aliphatic rings. The van der Waals surface area contributed by atoms with Gasteiger partial charge in [0.15, 0.2) is 0 Å². The minimum atomic E-state index is 0.872. The van der Waals surface area contributed by atoms with Gasteiger partial charge >= 0.3 is 0 Å². The number of allylic oxidation sites excluding steroid dienone is 3. The van der Waals surface area contributed by atoms with Crippen LogP contribution in [0, 0.1) is 11.3 Å². The summed E-state index contributed by atoms with van der Waals surface area (Å²) in [5.74, 6) is 0. The molecule has 0 radical (unpaired) electrons. The molecular formula is C16H12N2. The lowest BCUT2D eigenvalue weighted by atomic mass is 10.1. The Bertz CT molecular complexity index is 590. The molecule has 0 amide bonds. The van der Waals surface area contributed by atoms with E-state index >= 15 is 0 Å². The van der Waals surface area contributed by atoms with Crippen LogP contribution in [0.4, 0.5) is 0 Å². The highest BCUT2D eigenvalue weighted by atomic mass is 14.6. The molecule has 86 valence electrons. The SMILES string of the molecule is N#C/C=C(/C=C/c1ccccn1)c1ccccc1. The minimum absolute atomic E-state index is 0.872. The maximum absolute atomic E-state index is 8.82. The van der Waals surface area contributed by atoms with Crippen molar-refractivity contribution in [2.24, 2.45) is 0 Å². The average Bonchev–Trinajstić information content (AvgIpc) is 2.45. The van der Waals surface area contributed by atoms with Gasteiger partial charge in [0.1, 0.15) is 0 Å². The van der Waals surface area contributed by atoms with Crippen molar-refractivity contribution in [3.63, 3.8) is 0 Å². The summed E-state index contributed by atoms with van der Waals surface area (Å²) in [7, 11) is 0. The molecule has 0 N–H and O–H groups in total. The Kier molecular flexibility index (Phi) is 4.05. The molecule has 0 unspecified atom stereocenters. The van der Waals surface area contributed by atoms with E-state index < -0.39 is 0 Å². The number of rotatable bonds is 3. The Morgan fingerprint density at radius 2 is 1.83 bits per heavy atom. The molecule has 0 aliphatic heterocycles. The first kappa shape index (κ1) is 11.8. The van der Waals surface area contributed by atoms with Crippen LogP contribution in [0.25, 0.3) is 11.6 Å². The highest BCUT2D eigenvalue weighted by molar-refractivity contribution is 5.79. The van der Waals surface area contributed by atoms with Crippen LogP contribution in [0.15, 0.2) is 66.9 Å². The Morgan fingerprint density at radius 1 is 1.06 bits per heavy atom. The standard InChI is InChI=1S/C16H12N2/c17-12-11-15(14-6-2-1-3-7-14)9-10-16-8-4-5-13-18-16/h1-11,13H/b10-9+,15-11-. The average molecular weight is 232 g/mol. The fourth-order valence-electron chi connectivity index (χ4n) is 1.58. The Balaban J connectivity index is 2.27. The van der Waals surface area contributed by atoms with Crippen LogP contribution in [0.2, 0.25) is 0 Å². The van der Waals surface area contributed by atoms with Gasteiger partial charge < -0.3 is 0 Å². The van der Waals surface area contributed by atoms with Crippen LogP contribution in [0.5, 0.6) is 0 Å². The molecule has 18 heavy (non-hydrogen) atoms. The van der Waals surface area contributed by atoms with E-state index in [-0.39, 0.29) is 0 Å². The molecule has 2 heteroatoms. The first-order valence-electron chi connectivity index (χ1n) is 5.64. The zero-order valence-electron chi connectivity index (χ0n) is 9.82. The van der Waals surface area contributed by atoms with E-state index in [4.69, 9.17) is 5.26 Å². The largest absolute Gasteiger partial charge is 0.257 e. The number of nitriles is 1. The summed E-state index contributed by atoms with van der Waals surface area (Å²) < 4.78 is 0. The molecule has 0 aliphatic carbocycles. The van der Waals surface area contributed by atoms with Gasteiger partial charge in [-0.2, -0.15) is 5.26 Å². The lowest BCUT2D eigenvalue weighted by molar-refractivity contribution is 1.30. The molecule has 0 atom stereocenters. The van der Waals surface area contributed by atoms with Crippen molar-refractivity contribution in [2.75, 3.05) is 0 Å². The van der Waals surface area contributed by atoms with Gasteiger partial charge in [0.2, 0.25) is 0 Å². The molecular weight excluding hydrogens is 220 g/mol. The van der Waals surface area contributed by atoms with Crippen LogP contribution in [0.1, 0.15) is 11.3 Å². The number of aromatic nitrogens is 1. The summed E-state index contributed by atoms with van der Waals surface area (Å²) in [5, 5.41) is 8.82. The third-order valence-electron chi connectivity index (χ3n) is 2.45. The van der Waals surface area contributed by atoms with Gasteiger partial charge in [0, 0.05) is 12.3 Å². The first-order valence-corrected chi connectivity index (χ1v) is 5.64. The molecule has 1 aromatic carbocycles. The van der Waals surface area contributed by atoms with Gasteiger partial charge in [-0.3, -0.25) is 4.98 Å². The molecule has 0 bridgehead atoms. The van der Waals surface area contributed by atoms with Gasteiger partial charge in [0.25, 0.3) is 0 Å². The second-order valence-electron chi connectivity index (χ2n) is 3.68. The van der Waals surface area contributed by atoms with Gasteiger partial charge in [-0.1, -0.05) is 42.5 Å². The molecule has 0 spiro atoms. The first-order chi connectivity index (χ1) is 8.90. The molecule has 2 nitrogen and oxygen atoms in total. The van der Waals surface area contributed by atoms with Crippen molar-refractivity contribution in [2.45, 2.75) is 0 Å². The predicted molar refractivity (Wildman–Crippen MR) is 73.3 cm³/mol. The molecule has 2 rings (SSSR count). The van der Waals surface area contributed by atoms with E-state index in [9.17, 15) is 0 Å². The zero-order valence-corrected chi connectivity index (χ0v) is 9.82. The second kappa shape index (κ2) is 6.17. The van der Waals surface area contributed by atoms with Crippen LogP contribution in [-0.2, 0) is 0 Å². The number of benzene rings is 1. The lowest BCUT2D eigenvalue weighted by Crippen LogP contribution is -1.81. The Morgan fingerprint density at radius 3 is 2.50 bits per heavy atom. The normalized spacial score (nSPS) is 11.4. The summed E-state index contributed by atoms with van der Waals surface area (Å²) in [4.78, 5) is 4.21. The van der Waals surface area contributed by atoms with E-state index in [1.165, 1.54) is 6.08 Å². The summed E-state index contributed by atoms with van der Waals surface area (Å²) in [6.07, 6.45) is 7.09. The highest BCUT2D eigenvalue weighted by Crippen LogP contribution is 2.16. The van der Waals surface area contributed by atoms with Gasteiger partial charge in [-0.15, -0.1) is 0 Å². The maximum Gasteiger partial charge on any atom is 0.0918 e.